The Morgan fingerprint density at radius 3 is 2.41 bits per heavy atom. The molecule has 0 spiro atoms. The largest absolute Gasteiger partial charge is 0.497 e. The Labute approximate surface area is 98.4 Å². The van der Waals surface area contributed by atoms with Gasteiger partial charge in [-0.2, -0.15) is 0 Å². The molecule has 1 unspecified atom stereocenters. The van der Waals surface area contributed by atoms with E-state index in [0.717, 1.165) is 0 Å². The minimum atomic E-state index is -0.906. The molecule has 1 aromatic carbocycles. The van der Waals surface area contributed by atoms with Crippen LogP contribution in [0.25, 0.3) is 0 Å². The lowest BCUT2D eigenvalue weighted by Crippen LogP contribution is -2.12. The van der Waals surface area contributed by atoms with Gasteiger partial charge in [0.2, 0.25) is 0 Å². The maximum absolute atomic E-state index is 11.3. The third-order valence-corrected chi connectivity index (χ3v) is 2.57. The van der Waals surface area contributed by atoms with E-state index < -0.39 is 11.9 Å². The summed E-state index contributed by atoms with van der Waals surface area (Å²) in [4.78, 5) is 11.3. The van der Waals surface area contributed by atoms with Crippen LogP contribution < -0.4 is 4.74 Å². The summed E-state index contributed by atoms with van der Waals surface area (Å²) in [6, 6.07) is 8.62. The molecule has 0 aliphatic rings. The Bertz CT molecular complexity index is 485. The molecule has 0 radical (unpaired) electrons. The fourth-order valence-corrected chi connectivity index (χ4v) is 1.71. The summed E-state index contributed by atoms with van der Waals surface area (Å²) in [5.41, 5.74) is 1.32. The van der Waals surface area contributed by atoms with E-state index in [1.165, 1.54) is 12.5 Å². The van der Waals surface area contributed by atoms with Gasteiger partial charge in [0.25, 0.3) is 0 Å². The van der Waals surface area contributed by atoms with Gasteiger partial charge in [-0.1, -0.05) is 12.1 Å². The third kappa shape index (κ3) is 2.30. The first-order chi connectivity index (χ1) is 8.22. The average molecular weight is 232 g/mol. The number of carboxylic acid groups (broad SMARTS) is 1. The highest BCUT2D eigenvalue weighted by molar-refractivity contribution is 5.80. The number of rotatable bonds is 4. The van der Waals surface area contributed by atoms with E-state index >= 15 is 0 Å². The van der Waals surface area contributed by atoms with Crippen molar-refractivity contribution < 1.29 is 19.1 Å². The van der Waals surface area contributed by atoms with E-state index in [1.807, 2.05) is 0 Å². The highest BCUT2D eigenvalue weighted by atomic mass is 16.5. The van der Waals surface area contributed by atoms with Gasteiger partial charge >= 0.3 is 5.97 Å². The first-order valence-corrected chi connectivity index (χ1v) is 5.11. The molecule has 0 fully saturated rings. The minimum Gasteiger partial charge on any atom is -0.497 e. The van der Waals surface area contributed by atoms with Crippen molar-refractivity contribution in [2.45, 2.75) is 5.92 Å². The van der Waals surface area contributed by atoms with Gasteiger partial charge in [-0.3, -0.25) is 4.79 Å². The lowest BCUT2D eigenvalue weighted by Gasteiger charge is -2.11. The van der Waals surface area contributed by atoms with Gasteiger partial charge in [-0.15, -0.1) is 0 Å². The molecular formula is C13H12O4. The zero-order valence-electron chi connectivity index (χ0n) is 9.29. The van der Waals surface area contributed by atoms with Crippen molar-refractivity contribution in [1.82, 2.24) is 0 Å². The predicted octanol–water partition coefficient (Wildman–Crippen LogP) is 2.50. The monoisotopic (exact) mass is 232 g/mol. The van der Waals surface area contributed by atoms with Gasteiger partial charge in [-0.25, -0.2) is 0 Å². The van der Waals surface area contributed by atoms with Crippen LogP contribution in [0.1, 0.15) is 17.0 Å². The summed E-state index contributed by atoms with van der Waals surface area (Å²) in [5.74, 6) is -0.915. The summed E-state index contributed by atoms with van der Waals surface area (Å²) in [6.45, 7) is 0. The molecule has 1 aromatic heterocycles. The van der Waals surface area contributed by atoms with Crippen LogP contribution in [0.4, 0.5) is 0 Å². The van der Waals surface area contributed by atoms with Crippen LogP contribution in [0.5, 0.6) is 5.75 Å². The molecule has 2 rings (SSSR count). The summed E-state index contributed by atoms with van der Waals surface area (Å²) in [7, 11) is 1.57. The first kappa shape index (κ1) is 11.3. The van der Waals surface area contributed by atoms with Crippen molar-refractivity contribution in [3.8, 4) is 5.75 Å². The van der Waals surface area contributed by atoms with Crippen molar-refractivity contribution in [2.75, 3.05) is 7.11 Å². The topological polar surface area (TPSA) is 59.7 Å². The Hall–Kier alpha value is -2.23. The molecule has 1 N–H and O–H groups in total. The zero-order chi connectivity index (χ0) is 12.3. The molecule has 4 nitrogen and oxygen atoms in total. The second-order valence-electron chi connectivity index (χ2n) is 3.60. The van der Waals surface area contributed by atoms with E-state index in [1.54, 1.807) is 37.4 Å². The Morgan fingerprint density at radius 1 is 1.24 bits per heavy atom. The molecule has 0 saturated heterocycles. The van der Waals surface area contributed by atoms with Gasteiger partial charge < -0.3 is 14.3 Å². The van der Waals surface area contributed by atoms with Gasteiger partial charge in [0.1, 0.15) is 11.7 Å². The predicted molar refractivity (Wildman–Crippen MR) is 61.2 cm³/mol. The number of aliphatic carboxylic acids is 1. The van der Waals surface area contributed by atoms with Gasteiger partial charge in [-0.05, 0) is 23.8 Å². The van der Waals surface area contributed by atoms with Crippen molar-refractivity contribution in [3.63, 3.8) is 0 Å². The molecular weight excluding hydrogens is 220 g/mol. The van der Waals surface area contributed by atoms with Crippen LogP contribution in [0.2, 0.25) is 0 Å². The number of carbonyl (C=O) groups is 1. The van der Waals surface area contributed by atoms with Gasteiger partial charge in [0.15, 0.2) is 0 Å². The standard InChI is InChI=1S/C13H12O4/c1-16-11-4-2-9(3-5-11)12(13(14)15)10-6-7-17-8-10/h2-8,12H,1H3,(H,14,15). The van der Waals surface area contributed by atoms with E-state index in [2.05, 4.69) is 0 Å². The Kier molecular flexibility index (Phi) is 3.14. The van der Waals surface area contributed by atoms with Crippen molar-refractivity contribution in [1.29, 1.82) is 0 Å². The molecule has 0 aliphatic heterocycles. The highest BCUT2D eigenvalue weighted by Crippen LogP contribution is 2.26. The third-order valence-electron chi connectivity index (χ3n) is 2.57. The molecule has 17 heavy (non-hydrogen) atoms. The SMILES string of the molecule is COc1ccc(C(C(=O)O)c2ccoc2)cc1. The van der Waals surface area contributed by atoms with Crippen LogP contribution in [-0.2, 0) is 4.79 Å². The number of carboxylic acids is 1. The first-order valence-electron chi connectivity index (χ1n) is 5.11. The van der Waals surface area contributed by atoms with Gasteiger partial charge in [0.05, 0.1) is 19.6 Å². The summed E-state index contributed by atoms with van der Waals surface area (Å²) in [6.07, 6.45) is 2.91. The van der Waals surface area contributed by atoms with Crippen LogP contribution in [0, 0.1) is 0 Å². The van der Waals surface area contributed by atoms with E-state index in [-0.39, 0.29) is 0 Å². The number of ether oxygens (including phenoxy) is 1. The van der Waals surface area contributed by atoms with Crippen molar-refractivity contribution in [2.24, 2.45) is 0 Å². The summed E-state index contributed by atoms with van der Waals surface area (Å²) in [5, 5.41) is 9.25. The maximum atomic E-state index is 11.3. The fraction of sp³-hybridized carbons (Fsp3) is 0.154. The molecule has 0 bridgehead atoms. The van der Waals surface area contributed by atoms with Crippen molar-refractivity contribution >= 4 is 5.97 Å². The zero-order valence-corrected chi connectivity index (χ0v) is 9.29. The van der Waals surface area contributed by atoms with E-state index in [9.17, 15) is 9.90 Å². The molecule has 4 heteroatoms. The lowest BCUT2D eigenvalue weighted by molar-refractivity contribution is -0.137. The second kappa shape index (κ2) is 4.74. The Balaban J connectivity index is 2.36. The number of hydrogen-bond acceptors (Lipinski definition) is 3. The summed E-state index contributed by atoms with van der Waals surface area (Å²) >= 11 is 0. The molecule has 0 aliphatic carbocycles. The lowest BCUT2D eigenvalue weighted by atomic mass is 9.93. The minimum absolute atomic E-state index is 0.627. The molecule has 2 aromatic rings. The highest BCUT2D eigenvalue weighted by Gasteiger charge is 2.22. The average Bonchev–Trinajstić information content (AvgIpc) is 2.83. The smallest absolute Gasteiger partial charge is 0.315 e. The summed E-state index contributed by atoms with van der Waals surface area (Å²) < 4.78 is 9.96. The van der Waals surface area contributed by atoms with Crippen LogP contribution >= 0.6 is 0 Å². The number of hydrogen-bond donors (Lipinski definition) is 1. The quantitative estimate of drug-likeness (QED) is 0.879. The fourth-order valence-electron chi connectivity index (χ4n) is 1.71. The van der Waals surface area contributed by atoms with E-state index in [0.29, 0.717) is 16.9 Å². The van der Waals surface area contributed by atoms with Crippen LogP contribution in [0.15, 0.2) is 47.3 Å². The van der Waals surface area contributed by atoms with Crippen LogP contribution in [0.3, 0.4) is 0 Å². The molecule has 1 atom stereocenters. The molecule has 88 valence electrons. The maximum Gasteiger partial charge on any atom is 0.315 e. The number of furan rings is 1. The van der Waals surface area contributed by atoms with Crippen molar-refractivity contribution in [3.05, 3.63) is 54.0 Å². The molecule has 0 saturated carbocycles. The second-order valence-corrected chi connectivity index (χ2v) is 3.60. The number of benzene rings is 1. The Morgan fingerprint density at radius 2 is 1.94 bits per heavy atom. The van der Waals surface area contributed by atoms with E-state index in [4.69, 9.17) is 9.15 Å². The molecule has 0 amide bonds. The van der Waals surface area contributed by atoms with Gasteiger partial charge in [0, 0.05) is 5.56 Å². The molecule has 1 heterocycles. The normalized spacial score (nSPS) is 12.1. The van der Waals surface area contributed by atoms with Crippen LogP contribution in [-0.4, -0.2) is 18.2 Å². The number of methoxy groups -OCH3 is 1.